The summed E-state index contributed by atoms with van der Waals surface area (Å²) in [6.07, 6.45) is 0.451. The van der Waals surface area contributed by atoms with Gasteiger partial charge in [-0.2, -0.15) is 5.10 Å². The van der Waals surface area contributed by atoms with E-state index >= 15 is 0 Å². The third-order valence-corrected chi connectivity index (χ3v) is 3.91. The Morgan fingerprint density at radius 2 is 2.29 bits per heavy atom. The summed E-state index contributed by atoms with van der Waals surface area (Å²) < 4.78 is 4.51. The molecular weight excluding hydrogens is 282 g/mol. The van der Waals surface area contributed by atoms with Crippen LogP contribution in [0.3, 0.4) is 0 Å². The highest BCUT2D eigenvalue weighted by Crippen LogP contribution is 2.35. The normalized spacial score (nSPS) is 20.6. The number of carbonyl (C=O) groups excluding carboxylic acids is 1. The maximum absolute atomic E-state index is 11.4. The number of carboxylic acid groups (broad SMARTS) is 1. The van der Waals surface area contributed by atoms with Crippen LogP contribution in [0.15, 0.2) is 0 Å². The lowest BCUT2D eigenvalue weighted by molar-refractivity contribution is -0.573. The van der Waals surface area contributed by atoms with Crippen molar-refractivity contribution in [2.24, 2.45) is 0 Å². The van der Waals surface area contributed by atoms with Crippen LogP contribution >= 0.6 is 0 Å². The number of aromatic carboxylic acids is 1. The Hall–Kier alpha value is -2.45. The molecule has 2 N–H and O–H groups in total. The molecule has 1 aromatic heterocycles. The van der Waals surface area contributed by atoms with Gasteiger partial charge in [-0.15, -0.1) is 0 Å². The zero-order chi connectivity index (χ0) is 15.6. The van der Waals surface area contributed by atoms with Gasteiger partial charge in [0.05, 0.1) is 20.0 Å². The molecule has 9 nitrogen and oxygen atoms in total. The van der Waals surface area contributed by atoms with Gasteiger partial charge in [0.15, 0.2) is 5.69 Å². The van der Waals surface area contributed by atoms with Crippen LogP contribution in [0.25, 0.3) is 0 Å². The van der Waals surface area contributed by atoms with Gasteiger partial charge in [-0.1, -0.05) is 0 Å². The largest absolute Gasteiger partial charge is 0.476 e. The SMILES string of the molecule is COC(=O)CCC1([N+](=O)[O-])CCc2c(C(=O)O)n[nH]c2C1. The highest BCUT2D eigenvalue weighted by molar-refractivity contribution is 5.87. The molecule has 21 heavy (non-hydrogen) atoms. The van der Waals surface area contributed by atoms with Crippen molar-refractivity contribution in [2.75, 3.05) is 7.11 Å². The molecule has 1 unspecified atom stereocenters. The van der Waals surface area contributed by atoms with E-state index in [0.29, 0.717) is 11.3 Å². The number of methoxy groups -OCH3 is 1. The van der Waals surface area contributed by atoms with E-state index in [1.165, 1.54) is 7.11 Å². The molecular formula is C12H15N3O6. The molecule has 0 spiro atoms. The molecule has 0 amide bonds. The number of rotatable bonds is 5. The highest BCUT2D eigenvalue weighted by Gasteiger charge is 2.47. The number of aromatic nitrogens is 2. The number of aromatic amines is 1. The Morgan fingerprint density at radius 1 is 1.57 bits per heavy atom. The minimum Gasteiger partial charge on any atom is -0.476 e. The second-order valence-electron chi connectivity index (χ2n) is 5.07. The number of carboxylic acids is 1. The Bertz CT molecular complexity index is 596. The fraction of sp³-hybridized carbons (Fsp3) is 0.583. The van der Waals surface area contributed by atoms with Crippen molar-refractivity contribution in [3.8, 4) is 0 Å². The van der Waals surface area contributed by atoms with E-state index in [1.807, 2.05) is 0 Å². The van der Waals surface area contributed by atoms with Gasteiger partial charge in [-0.05, 0) is 6.42 Å². The van der Waals surface area contributed by atoms with Gasteiger partial charge < -0.3 is 9.84 Å². The zero-order valence-electron chi connectivity index (χ0n) is 11.4. The second-order valence-corrected chi connectivity index (χ2v) is 5.07. The number of hydrogen-bond acceptors (Lipinski definition) is 6. The van der Waals surface area contributed by atoms with Gasteiger partial charge in [0.1, 0.15) is 0 Å². The van der Waals surface area contributed by atoms with E-state index in [2.05, 4.69) is 14.9 Å². The summed E-state index contributed by atoms with van der Waals surface area (Å²) >= 11 is 0. The number of fused-ring (bicyclic) bond motifs is 1. The highest BCUT2D eigenvalue weighted by atomic mass is 16.6. The molecule has 0 radical (unpaired) electrons. The van der Waals surface area contributed by atoms with E-state index in [-0.39, 0.29) is 42.7 Å². The predicted octanol–water partition coefficient (Wildman–Crippen LogP) is 0.565. The Balaban J connectivity index is 2.24. The lowest BCUT2D eigenvalue weighted by Gasteiger charge is -2.28. The van der Waals surface area contributed by atoms with Gasteiger partial charge in [-0.3, -0.25) is 20.0 Å². The van der Waals surface area contributed by atoms with Crippen molar-refractivity contribution >= 4 is 11.9 Å². The average Bonchev–Trinajstić information content (AvgIpc) is 2.87. The van der Waals surface area contributed by atoms with Crippen molar-refractivity contribution in [2.45, 2.75) is 37.6 Å². The van der Waals surface area contributed by atoms with E-state index in [9.17, 15) is 19.7 Å². The third-order valence-electron chi connectivity index (χ3n) is 3.91. The van der Waals surface area contributed by atoms with Gasteiger partial charge in [-0.25, -0.2) is 4.79 Å². The molecule has 1 atom stereocenters. The van der Waals surface area contributed by atoms with Crippen LogP contribution in [0.2, 0.25) is 0 Å². The summed E-state index contributed by atoms with van der Waals surface area (Å²) in [5.41, 5.74) is -0.406. The number of nitrogens with zero attached hydrogens (tertiary/aromatic N) is 2. The molecule has 0 aromatic carbocycles. The summed E-state index contributed by atoms with van der Waals surface area (Å²) in [7, 11) is 1.23. The van der Waals surface area contributed by atoms with Crippen molar-refractivity contribution in [3.05, 3.63) is 27.1 Å². The average molecular weight is 297 g/mol. The maximum atomic E-state index is 11.4. The summed E-state index contributed by atoms with van der Waals surface area (Å²) in [5, 5.41) is 26.7. The molecule has 0 fully saturated rings. The zero-order valence-corrected chi connectivity index (χ0v) is 11.4. The predicted molar refractivity (Wildman–Crippen MR) is 68.5 cm³/mol. The van der Waals surface area contributed by atoms with Crippen molar-refractivity contribution in [3.63, 3.8) is 0 Å². The molecule has 1 aliphatic rings. The Kier molecular flexibility index (Phi) is 3.92. The number of ether oxygens (including phenoxy) is 1. The van der Waals surface area contributed by atoms with E-state index in [1.54, 1.807) is 0 Å². The molecule has 1 aliphatic carbocycles. The third kappa shape index (κ3) is 2.71. The molecule has 2 rings (SSSR count). The van der Waals surface area contributed by atoms with Gasteiger partial charge in [0.2, 0.25) is 5.54 Å². The lowest BCUT2D eigenvalue weighted by atomic mass is 9.78. The van der Waals surface area contributed by atoms with E-state index < -0.39 is 17.5 Å². The molecule has 1 heterocycles. The van der Waals surface area contributed by atoms with Crippen molar-refractivity contribution in [1.82, 2.24) is 10.2 Å². The number of carbonyl (C=O) groups is 2. The first-order chi connectivity index (χ1) is 9.89. The smallest absolute Gasteiger partial charge is 0.356 e. The lowest BCUT2D eigenvalue weighted by Crippen LogP contribution is -2.44. The van der Waals surface area contributed by atoms with E-state index in [4.69, 9.17) is 5.11 Å². The molecule has 9 heteroatoms. The Labute approximate surface area is 119 Å². The van der Waals surface area contributed by atoms with Crippen LogP contribution in [0.5, 0.6) is 0 Å². The second kappa shape index (κ2) is 5.51. The van der Waals surface area contributed by atoms with Crippen LogP contribution in [-0.4, -0.2) is 44.8 Å². The number of nitro groups is 1. The first-order valence-corrected chi connectivity index (χ1v) is 6.40. The van der Waals surface area contributed by atoms with E-state index in [0.717, 1.165) is 0 Å². The fourth-order valence-electron chi connectivity index (χ4n) is 2.67. The molecule has 0 bridgehead atoms. The molecule has 114 valence electrons. The molecule has 1 aromatic rings. The van der Waals surface area contributed by atoms with Crippen molar-refractivity contribution in [1.29, 1.82) is 0 Å². The number of hydrogen-bond donors (Lipinski definition) is 2. The topological polar surface area (TPSA) is 135 Å². The first kappa shape index (κ1) is 14.9. The first-order valence-electron chi connectivity index (χ1n) is 6.40. The van der Waals surface area contributed by atoms with Crippen LogP contribution in [0.1, 0.15) is 41.0 Å². The minimum absolute atomic E-state index is 0.0343. The fourth-order valence-corrected chi connectivity index (χ4v) is 2.67. The van der Waals surface area contributed by atoms with Crippen LogP contribution < -0.4 is 0 Å². The molecule has 0 saturated heterocycles. The number of esters is 1. The number of nitrogens with one attached hydrogen (secondary N) is 1. The van der Waals surface area contributed by atoms with Crippen molar-refractivity contribution < 1.29 is 24.4 Å². The summed E-state index contributed by atoms with van der Waals surface area (Å²) in [5.74, 6) is -1.66. The quantitative estimate of drug-likeness (QED) is 0.460. The van der Waals surface area contributed by atoms with Crippen LogP contribution in [-0.2, 0) is 22.4 Å². The minimum atomic E-state index is -1.29. The summed E-state index contributed by atoms with van der Waals surface area (Å²) in [4.78, 5) is 33.3. The number of H-pyrrole nitrogens is 1. The summed E-state index contributed by atoms with van der Waals surface area (Å²) in [6.45, 7) is 0. The summed E-state index contributed by atoms with van der Waals surface area (Å²) in [6, 6.07) is 0. The molecule has 0 aliphatic heterocycles. The standard InChI is InChI=1S/C12H15N3O6/c1-21-9(16)3-5-12(15(19)20)4-2-7-8(6-12)13-14-10(7)11(17)18/h2-6H2,1H3,(H,13,14)(H,17,18). The van der Waals surface area contributed by atoms with Gasteiger partial charge in [0.25, 0.3) is 0 Å². The Morgan fingerprint density at radius 3 is 2.86 bits per heavy atom. The maximum Gasteiger partial charge on any atom is 0.356 e. The van der Waals surface area contributed by atoms with Gasteiger partial charge in [0, 0.05) is 29.0 Å². The van der Waals surface area contributed by atoms with Crippen LogP contribution in [0.4, 0.5) is 0 Å². The van der Waals surface area contributed by atoms with Crippen LogP contribution in [0, 0.1) is 10.1 Å². The molecule has 0 saturated carbocycles. The monoisotopic (exact) mass is 297 g/mol. The van der Waals surface area contributed by atoms with Gasteiger partial charge >= 0.3 is 11.9 Å².